The Bertz CT molecular complexity index is 961. The van der Waals surface area contributed by atoms with Crippen molar-refractivity contribution >= 4 is 34.1 Å². The van der Waals surface area contributed by atoms with Crippen LogP contribution >= 0.6 is 11.6 Å². The van der Waals surface area contributed by atoms with Gasteiger partial charge in [-0.15, -0.1) is 0 Å². The molecule has 8 heteroatoms. The molecule has 0 saturated carbocycles. The Hall–Kier alpha value is -2.80. The van der Waals surface area contributed by atoms with Gasteiger partial charge in [0, 0.05) is 24.7 Å². The zero-order valence-corrected chi connectivity index (χ0v) is 14.1. The molecule has 0 atom stereocenters. The van der Waals surface area contributed by atoms with Crippen LogP contribution in [-0.4, -0.2) is 24.0 Å². The summed E-state index contributed by atoms with van der Waals surface area (Å²) in [6.07, 6.45) is 1.40. The van der Waals surface area contributed by atoms with E-state index < -0.39 is 28.9 Å². The second kappa shape index (κ2) is 7.61. The third-order valence-corrected chi connectivity index (χ3v) is 4.04. The number of pyridine rings is 1. The van der Waals surface area contributed by atoms with Crippen molar-refractivity contribution in [2.45, 2.75) is 0 Å². The molecule has 0 bridgehead atoms. The predicted octanol–water partition coefficient (Wildman–Crippen LogP) is 4.15. The molecule has 2 aromatic carbocycles. The van der Waals surface area contributed by atoms with Gasteiger partial charge in [-0.2, -0.15) is 0 Å². The summed E-state index contributed by atoms with van der Waals surface area (Å²) < 4.78 is 41.5. The van der Waals surface area contributed by atoms with Gasteiger partial charge in [0.25, 0.3) is 5.91 Å². The van der Waals surface area contributed by atoms with Gasteiger partial charge in [0.05, 0.1) is 10.7 Å². The van der Waals surface area contributed by atoms with Gasteiger partial charge in [-0.25, -0.2) is 13.2 Å². The van der Waals surface area contributed by atoms with Gasteiger partial charge in [-0.1, -0.05) is 17.7 Å². The van der Waals surface area contributed by atoms with Gasteiger partial charge in [0.15, 0.2) is 5.82 Å². The van der Waals surface area contributed by atoms with E-state index in [4.69, 9.17) is 11.6 Å². The van der Waals surface area contributed by atoms with Crippen molar-refractivity contribution < 1.29 is 18.0 Å². The van der Waals surface area contributed by atoms with Crippen LogP contribution in [0.2, 0.25) is 5.02 Å². The first kappa shape index (κ1) is 18.0. The lowest BCUT2D eigenvalue weighted by Crippen LogP contribution is -2.30. The second-order valence-electron chi connectivity index (χ2n) is 5.40. The molecule has 4 nitrogen and oxygen atoms in total. The number of fused-ring (bicyclic) bond motifs is 1. The Morgan fingerprint density at radius 2 is 1.77 bits per heavy atom. The van der Waals surface area contributed by atoms with E-state index in [2.05, 4.69) is 15.6 Å². The molecule has 1 heterocycles. The van der Waals surface area contributed by atoms with Gasteiger partial charge in [0.2, 0.25) is 0 Å². The number of aromatic nitrogens is 1. The van der Waals surface area contributed by atoms with Crippen molar-refractivity contribution in [3.05, 3.63) is 70.6 Å². The molecule has 0 fully saturated rings. The van der Waals surface area contributed by atoms with Gasteiger partial charge in [-0.3, -0.25) is 9.78 Å². The van der Waals surface area contributed by atoms with Crippen LogP contribution in [0.4, 0.5) is 18.9 Å². The van der Waals surface area contributed by atoms with Gasteiger partial charge >= 0.3 is 0 Å². The minimum absolute atomic E-state index is 0.0348. The lowest BCUT2D eigenvalue weighted by molar-refractivity contribution is 0.0947. The van der Waals surface area contributed by atoms with E-state index in [0.717, 1.165) is 12.1 Å². The number of anilines is 1. The number of carbonyl (C=O) groups is 1. The minimum atomic E-state index is -0.945. The predicted molar refractivity (Wildman–Crippen MR) is 93.9 cm³/mol. The monoisotopic (exact) mass is 379 g/mol. The summed E-state index contributed by atoms with van der Waals surface area (Å²) in [7, 11) is 0. The van der Waals surface area contributed by atoms with Gasteiger partial charge in [0.1, 0.15) is 22.7 Å². The average molecular weight is 380 g/mol. The summed E-state index contributed by atoms with van der Waals surface area (Å²) in [5, 5.41) is 6.05. The molecule has 1 amide bonds. The standard InChI is InChI=1S/C18H13ClF3N3O/c19-11-6-7-24-17-10(11)4-5-14(16(17)22)23-8-9-25-18(26)15-12(20)2-1-3-13(15)21/h1-7,23H,8-9H2,(H,25,26). The van der Waals surface area contributed by atoms with Crippen molar-refractivity contribution in [1.29, 1.82) is 0 Å². The van der Waals surface area contributed by atoms with Crippen LogP contribution in [0.25, 0.3) is 10.9 Å². The molecule has 0 unspecified atom stereocenters. The highest BCUT2D eigenvalue weighted by Gasteiger charge is 2.16. The minimum Gasteiger partial charge on any atom is -0.381 e. The summed E-state index contributed by atoms with van der Waals surface area (Å²) in [6, 6.07) is 7.87. The Balaban J connectivity index is 1.63. The fourth-order valence-electron chi connectivity index (χ4n) is 2.46. The molecule has 0 spiro atoms. The maximum atomic E-state index is 14.4. The number of hydrogen-bond donors (Lipinski definition) is 2. The Kier molecular flexibility index (Phi) is 5.27. The van der Waals surface area contributed by atoms with Crippen molar-refractivity contribution in [3.8, 4) is 0 Å². The summed E-state index contributed by atoms with van der Waals surface area (Å²) in [6.45, 7) is 0.178. The van der Waals surface area contributed by atoms with E-state index in [-0.39, 0.29) is 24.3 Å². The summed E-state index contributed by atoms with van der Waals surface area (Å²) in [5.41, 5.74) is -0.346. The van der Waals surface area contributed by atoms with Crippen LogP contribution in [0.5, 0.6) is 0 Å². The molecule has 0 aliphatic carbocycles. The molecule has 26 heavy (non-hydrogen) atoms. The summed E-state index contributed by atoms with van der Waals surface area (Å²) in [5.74, 6) is -3.34. The third-order valence-electron chi connectivity index (χ3n) is 3.71. The molecule has 3 rings (SSSR count). The molecule has 134 valence electrons. The van der Waals surface area contributed by atoms with E-state index in [9.17, 15) is 18.0 Å². The number of carbonyl (C=O) groups excluding carboxylic acids is 1. The van der Waals surface area contributed by atoms with E-state index in [0.29, 0.717) is 10.4 Å². The summed E-state index contributed by atoms with van der Waals surface area (Å²) >= 11 is 5.99. The lowest BCUT2D eigenvalue weighted by Gasteiger charge is -2.11. The second-order valence-corrected chi connectivity index (χ2v) is 5.80. The van der Waals surface area contributed by atoms with Crippen LogP contribution in [-0.2, 0) is 0 Å². The molecule has 1 aromatic heterocycles. The topological polar surface area (TPSA) is 54.0 Å². The third kappa shape index (κ3) is 3.57. The Labute approximate surface area is 152 Å². The van der Waals surface area contributed by atoms with E-state index in [1.54, 1.807) is 12.1 Å². The fraction of sp³-hybridized carbons (Fsp3) is 0.111. The quantitative estimate of drug-likeness (QED) is 0.655. The number of halogens is 4. The first-order chi connectivity index (χ1) is 12.5. The van der Waals surface area contributed by atoms with Gasteiger partial charge in [-0.05, 0) is 30.3 Å². The Morgan fingerprint density at radius 3 is 2.50 bits per heavy atom. The maximum Gasteiger partial charge on any atom is 0.257 e. The molecule has 0 saturated heterocycles. The first-order valence-corrected chi connectivity index (χ1v) is 8.05. The highest BCUT2D eigenvalue weighted by atomic mass is 35.5. The van der Waals surface area contributed by atoms with Crippen LogP contribution in [0.1, 0.15) is 10.4 Å². The fourth-order valence-corrected chi connectivity index (χ4v) is 2.67. The van der Waals surface area contributed by atoms with Crippen LogP contribution < -0.4 is 10.6 Å². The van der Waals surface area contributed by atoms with Crippen LogP contribution in [0.15, 0.2) is 42.6 Å². The largest absolute Gasteiger partial charge is 0.381 e. The molecule has 2 N–H and O–H groups in total. The Morgan fingerprint density at radius 1 is 1.04 bits per heavy atom. The van der Waals surface area contributed by atoms with E-state index >= 15 is 0 Å². The van der Waals surface area contributed by atoms with Crippen molar-refractivity contribution in [1.82, 2.24) is 10.3 Å². The number of nitrogens with one attached hydrogen (secondary N) is 2. The molecule has 3 aromatic rings. The number of nitrogens with zero attached hydrogens (tertiary/aromatic N) is 1. The lowest BCUT2D eigenvalue weighted by atomic mass is 10.2. The van der Waals surface area contributed by atoms with Crippen LogP contribution in [0, 0.1) is 17.5 Å². The smallest absolute Gasteiger partial charge is 0.257 e. The molecular weight excluding hydrogens is 367 g/mol. The normalized spacial score (nSPS) is 10.8. The molecular formula is C18H13ClF3N3O. The molecule has 0 aliphatic rings. The number of rotatable bonds is 5. The zero-order valence-electron chi connectivity index (χ0n) is 13.3. The van der Waals surface area contributed by atoms with Crippen molar-refractivity contribution in [3.63, 3.8) is 0 Å². The number of amides is 1. The molecule has 0 aliphatic heterocycles. The number of hydrogen-bond acceptors (Lipinski definition) is 3. The highest BCUT2D eigenvalue weighted by molar-refractivity contribution is 6.35. The molecule has 0 radical (unpaired) electrons. The van der Waals surface area contributed by atoms with Crippen molar-refractivity contribution in [2.75, 3.05) is 18.4 Å². The number of benzene rings is 2. The van der Waals surface area contributed by atoms with E-state index in [1.807, 2.05) is 0 Å². The summed E-state index contributed by atoms with van der Waals surface area (Å²) in [4.78, 5) is 15.8. The highest BCUT2D eigenvalue weighted by Crippen LogP contribution is 2.27. The van der Waals surface area contributed by atoms with Gasteiger partial charge < -0.3 is 10.6 Å². The first-order valence-electron chi connectivity index (χ1n) is 7.68. The van der Waals surface area contributed by atoms with E-state index in [1.165, 1.54) is 18.3 Å². The maximum absolute atomic E-state index is 14.4. The van der Waals surface area contributed by atoms with Crippen molar-refractivity contribution in [2.24, 2.45) is 0 Å². The average Bonchev–Trinajstić information content (AvgIpc) is 2.61. The SMILES string of the molecule is O=C(NCCNc1ccc2c(Cl)ccnc2c1F)c1c(F)cccc1F. The van der Waals surface area contributed by atoms with Crippen LogP contribution in [0.3, 0.4) is 0 Å². The zero-order chi connectivity index (χ0) is 18.7.